The fourth-order valence-corrected chi connectivity index (χ4v) is 13.5. The number of hydrogen-bond donors (Lipinski definition) is 2. The molecule has 3 saturated carbocycles. The Labute approximate surface area is 253 Å². The number of nitrogens with zero attached hydrogens (tertiary/aromatic N) is 2. The van der Waals surface area contributed by atoms with Crippen molar-refractivity contribution in [1.82, 2.24) is 20.4 Å². The molecule has 4 nitrogen and oxygen atoms in total. The van der Waals surface area contributed by atoms with Crippen LogP contribution in [0.25, 0.3) is 0 Å². The van der Waals surface area contributed by atoms with Crippen molar-refractivity contribution in [3.05, 3.63) is 71.8 Å². The first-order valence-corrected chi connectivity index (χ1v) is 18.0. The molecule has 3 aliphatic carbocycles. The normalized spacial score (nSPS) is 49.3. The zero-order valence-electron chi connectivity index (χ0n) is 25.2. The van der Waals surface area contributed by atoms with Crippen LogP contribution in [0.2, 0.25) is 0 Å². The molecule has 8 fully saturated rings. The van der Waals surface area contributed by atoms with E-state index >= 15 is 0 Å². The Kier molecular flexibility index (Phi) is 6.03. The predicted molar refractivity (Wildman–Crippen MR) is 168 cm³/mol. The molecule has 10 rings (SSSR count). The minimum Gasteiger partial charge on any atom is -0.313 e. The van der Waals surface area contributed by atoms with E-state index in [0.717, 1.165) is 65.7 Å². The lowest BCUT2D eigenvalue weighted by molar-refractivity contribution is -0.124. The largest absolute Gasteiger partial charge is 0.313 e. The van der Waals surface area contributed by atoms with Crippen molar-refractivity contribution in [2.24, 2.45) is 29.6 Å². The highest BCUT2D eigenvalue weighted by molar-refractivity contribution is 5.33. The van der Waals surface area contributed by atoms with Gasteiger partial charge in [-0.15, -0.1) is 0 Å². The Hall–Kier alpha value is -1.72. The molecule has 5 heterocycles. The molecule has 5 aliphatic heterocycles. The molecule has 14 atom stereocenters. The van der Waals surface area contributed by atoms with Gasteiger partial charge in [-0.3, -0.25) is 9.80 Å². The second kappa shape index (κ2) is 9.89. The van der Waals surface area contributed by atoms with Crippen molar-refractivity contribution >= 4 is 0 Å². The average Bonchev–Trinajstić information content (AvgIpc) is 3.60. The molecule has 2 aromatic carbocycles. The maximum Gasteiger partial charge on any atom is 0.0763 e. The highest BCUT2D eigenvalue weighted by Crippen LogP contribution is 2.66. The van der Waals surface area contributed by atoms with Gasteiger partial charge in [0.15, 0.2) is 0 Å². The van der Waals surface area contributed by atoms with Crippen LogP contribution >= 0.6 is 0 Å². The van der Waals surface area contributed by atoms with E-state index in [1.807, 2.05) is 0 Å². The average molecular weight is 563 g/mol. The Morgan fingerprint density at radius 2 is 1.14 bits per heavy atom. The highest BCUT2D eigenvalue weighted by Gasteiger charge is 2.73. The lowest BCUT2D eigenvalue weighted by Crippen LogP contribution is -2.76. The van der Waals surface area contributed by atoms with E-state index in [-0.39, 0.29) is 0 Å². The van der Waals surface area contributed by atoms with Gasteiger partial charge in [-0.25, -0.2) is 0 Å². The molecule has 42 heavy (non-hydrogen) atoms. The van der Waals surface area contributed by atoms with Crippen LogP contribution in [0.3, 0.4) is 0 Å². The second-order valence-electron chi connectivity index (χ2n) is 15.6. The summed E-state index contributed by atoms with van der Waals surface area (Å²) in [5.74, 6) is 5.61. The smallest absolute Gasteiger partial charge is 0.0763 e. The van der Waals surface area contributed by atoms with Gasteiger partial charge in [-0.05, 0) is 117 Å². The summed E-state index contributed by atoms with van der Waals surface area (Å²) >= 11 is 0. The van der Waals surface area contributed by atoms with E-state index in [0.29, 0.717) is 18.1 Å². The van der Waals surface area contributed by atoms with Crippen LogP contribution in [0.4, 0.5) is 0 Å². The summed E-state index contributed by atoms with van der Waals surface area (Å²) in [7, 11) is 0. The summed E-state index contributed by atoms with van der Waals surface area (Å²) in [6, 6.07) is 28.0. The van der Waals surface area contributed by atoms with Crippen LogP contribution in [0.5, 0.6) is 0 Å². The highest BCUT2D eigenvalue weighted by atomic mass is 15.5. The fraction of sp³-hybridized carbons (Fsp3) is 0.684. The molecule has 14 unspecified atom stereocenters. The quantitative estimate of drug-likeness (QED) is 0.473. The zero-order chi connectivity index (χ0) is 27.4. The van der Waals surface area contributed by atoms with Gasteiger partial charge in [0.25, 0.3) is 0 Å². The summed E-state index contributed by atoms with van der Waals surface area (Å²) in [4.78, 5) is 6.53. The molecule has 0 bridgehead atoms. The molecule has 0 spiro atoms. The van der Waals surface area contributed by atoms with E-state index in [1.54, 1.807) is 11.1 Å². The van der Waals surface area contributed by atoms with E-state index in [1.165, 1.54) is 77.3 Å². The van der Waals surface area contributed by atoms with Crippen molar-refractivity contribution in [2.45, 2.75) is 118 Å². The zero-order valence-corrected chi connectivity index (χ0v) is 25.2. The molecular weight excluding hydrogens is 512 g/mol. The minimum absolute atomic E-state index is 0.554. The summed E-state index contributed by atoms with van der Waals surface area (Å²) in [6.45, 7) is 2.45. The first-order chi connectivity index (χ1) is 20.9. The molecule has 8 aliphatic rings. The molecule has 0 radical (unpaired) electrons. The van der Waals surface area contributed by atoms with Gasteiger partial charge in [0.2, 0.25) is 0 Å². The molecule has 0 amide bonds. The summed E-state index contributed by atoms with van der Waals surface area (Å²) in [6.07, 6.45) is 14.6. The van der Waals surface area contributed by atoms with Crippen molar-refractivity contribution in [2.75, 3.05) is 13.1 Å². The number of fused-ring (bicyclic) bond motifs is 12. The third-order valence-electron chi connectivity index (χ3n) is 14.3. The van der Waals surface area contributed by atoms with E-state index in [9.17, 15) is 0 Å². The lowest BCUT2D eigenvalue weighted by atomic mass is 9.55. The number of hydrogen-bond acceptors (Lipinski definition) is 4. The first-order valence-electron chi connectivity index (χ1n) is 18.0. The monoisotopic (exact) mass is 562 g/mol. The molecule has 2 aromatic rings. The number of piperidine rings is 2. The number of rotatable bonds is 2. The van der Waals surface area contributed by atoms with Gasteiger partial charge in [0, 0.05) is 36.3 Å². The SMILES string of the molecule is c1ccc(C2CCCC3C2C2C4CCCNC4C4C5CCCC(c6ccccc6)C5N5C6CCCNC6N3C2C45)cc1. The second-order valence-corrected chi connectivity index (χ2v) is 15.6. The lowest BCUT2D eigenvalue weighted by Gasteiger charge is -2.62. The standard InChI is InChI=1S/C38H50N4/c1-3-11-23(12-4-1)25-15-8-19-29-31(25)32-27-18-9-21-39-34(27)33-28-17-7-16-26(24-13-5-2-6-14-24)35(28)41-30-20-10-22-40-38(30)42(29)36(32)37(33)41/h1-6,11-14,25-40H,7-10,15-22H2. The first kappa shape index (κ1) is 25.6. The molecule has 0 aromatic heterocycles. The van der Waals surface area contributed by atoms with Crippen molar-refractivity contribution in [3.8, 4) is 0 Å². The Balaban J connectivity index is 1.15. The van der Waals surface area contributed by atoms with Crippen molar-refractivity contribution in [1.29, 1.82) is 0 Å². The minimum atomic E-state index is 0.554. The fourth-order valence-electron chi connectivity index (χ4n) is 13.5. The van der Waals surface area contributed by atoms with Crippen molar-refractivity contribution in [3.63, 3.8) is 0 Å². The molecular formula is C38H50N4. The number of nitrogens with one attached hydrogen (secondary N) is 2. The van der Waals surface area contributed by atoms with Gasteiger partial charge >= 0.3 is 0 Å². The van der Waals surface area contributed by atoms with E-state index < -0.39 is 0 Å². The molecule has 5 saturated heterocycles. The number of piperazine rings is 1. The van der Waals surface area contributed by atoms with Crippen molar-refractivity contribution < 1.29 is 0 Å². The number of benzene rings is 2. The maximum atomic E-state index is 4.31. The van der Waals surface area contributed by atoms with Crippen LogP contribution in [0, 0.1) is 29.6 Å². The van der Waals surface area contributed by atoms with Crippen LogP contribution in [-0.2, 0) is 0 Å². The van der Waals surface area contributed by atoms with Gasteiger partial charge in [-0.1, -0.05) is 73.5 Å². The van der Waals surface area contributed by atoms with E-state index in [2.05, 4.69) is 81.1 Å². The Bertz CT molecular complexity index is 1180. The van der Waals surface area contributed by atoms with Crippen LogP contribution < -0.4 is 10.6 Å². The van der Waals surface area contributed by atoms with Gasteiger partial charge < -0.3 is 10.6 Å². The molecule has 222 valence electrons. The predicted octanol–water partition coefficient (Wildman–Crippen LogP) is 5.97. The van der Waals surface area contributed by atoms with Crippen LogP contribution in [0.15, 0.2) is 60.7 Å². The Morgan fingerprint density at radius 1 is 0.500 bits per heavy atom. The summed E-state index contributed by atoms with van der Waals surface area (Å²) in [5, 5.41) is 8.56. The Morgan fingerprint density at radius 3 is 1.98 bits per heavy atom. The van der Waals surface area contributed by atoms with Gasteiger partial charge in [0.05, 0.1) is 6.17 Å². The van der Waals surface area contributed by atoms with Crippen LogP contribution in [-0.4, -0.2) is 65.3 Å². The molecule has 4 heteroatoms. The molecule has 2 N–H and O–H groups in total. The topological polar surface area (TPSA) is 30.5 Å². The van der Waals surface area contributed by atoms with E-state index in [4.69, 9.17) is 0 Å². The van der Waals surface area contributed by atoms with Crippen LogP contribution in [0.1, 0.15) is 87.2 Å². The summed E-state index contributed by atoms with van der Waals surface area (Å²) in [5.41, 5.74) is 3.27. The maximum absolute atomic E-state index is 4.31. The summed E-state index contributed by atoms with van der Waals surface area (Å²) < 4.78 is 0. The third-order valence-corrected chi connectivity index (χ3v) is 14.3. The third kappa shape index (κ3) is 3.44. The van der Waals surface area contributed by atoms with Gasteiger partial charge in [-0.2, -0.15) is 0 Å². The van der Waals surface area contributed by atoms with Gasteiger partial charge in [0.1, 0.15) is 0 Å².